The maximum absolute atomic E-state index is 12.4. The highest BCUT2D eigenvalue weighted by Gasteiger charge is 2.16. The van der Waals surface area contributed by atoms with Crippen LogP contribution in [0.15, 0.2) is 47.1 Å². The Hall–Kier alpha value is -2.86. The van der Waals surface area contributed by atoms with E-state index in [1.165, 1.54) is 6.26 Å². The van der Waals surface area contributed by atoms with Gasteiger partial charge >= 0.3 is 0 Å². The fourth-order valence-corrected chi connectivity index (χ4v) is 2.58. The smallest absolute Gasteiger partial charge is 0.260 e. The number of rotatable bonds is 5. The molecule has 0 aliphatic heterocycles. The summed E-state index contributed by atoms with van der Waals surface area (Å²) in [5.74, 6) is 0.824. The highest BCUT2D eigenvalue weighted by molar-refractivity contribution is 6.04. The fraction of sp³-hybridized carbons (Fsp3) is 0.222. The summed E-state index contributed by atoms with van der Waals surface area (Å²) in [6.45, 7) is 3.97. The molecule has 2 N–H and O–H groups in total. The van der Waals surface area contributed by atoms with Crippen molar-refractivity contribution in [2.24, 2.45) is 0 Å². The molecule has 24 heavy (non-hydrogen) atoms. The summed E-state index contributed by atoms with van der Waals surface area (Å²) in [7, 11) is 0. The minimum atomic E-state index is -0.267. The van der Waals surface area contributed by atoms with Crippen molar-refractivity contribution in [2.75, 3.05) is 11.9 Å². The van der Waals surface area contributed by atoms with Gasteiger partial charge in [-0.3, -0.25) is 4.79 Å². The number of carbonyl (C=O) groups is 1. The maximum Gasteiger partial charge on any atom is 0.260 e. The van der Waals surface area contributed by atoms with Gasteiger partial charge in [0.15, 0.2) is 0 Å². The Bertz CT molecular complexity index is 864. The summed E-state index contributed by atoms with van der Waals surface area (Å²) in [4.78, 5) is 12.4. The summed E-state index contributed by atoms with van der Waals surface area (Å²) in [5.41, 5.74) is 3.31. The van der Waals surface area contributed by atoms with Crippen molar-refractivity contribution in [2.45, 2.75) is 20.4 Å². The SMILES string of the molecule is Cc1ccccc1-c1cc(NC(=O)c2ccoc2C)n(CCO)n1. The Kier molecular flexibility index (Phi) is 4.48. The van der Waals surface area contributed by atoms with Crippen LogP contribution in [-0.2, 0) is 6.54 Å². The summed E-state index contributed by atoms with van der Waals surface area (Å²) < 4.78 is 6.76. The minimum absolute atomic E-state index is 0.0670. The Labute approximate surface area is 139 Å². The zero-order valence-corrected chi connectivity index (χ0v) is 13.6. The third-order valence-corrected chi connectivity index (χ3v) is 3.86. The summed E-state index contributed by atoms with van der Waals surface area (Å²) in [6, 6.07) is 11.3. The molecular formula is C18H19N3O3. The highest BCUT2D eigenvalue weighted by Crippen LogP contribution is 2.25. The van der Waals surface area contributed by atoms with E-state index in [1.54, 1.807) is 17.7 Å². The van der Waals surface area contributed by atoms with E-state index in [0.717, 1.165) is 16.8 Å². The van der Waals surface area contributed by atoms with Gasteiger partial charge in [-0.15, -0.1) is 0 Å². The van der Waals surface area contributed by atoms with Crippen molar-refractivity contribution in [3.63, 3.8) is 0 Å². The van der Waals surface area contributed by atoms with Gasteiger partial charge in [-0.25, -0.2) is 4.68 Å². The second-order valence-corrected chi connectivity index (χ2v) is 5.52. The van der Waals surface area contributed by atoms with E-state index in [0.29, 0.717) is 23.7 Å². The molecule has 0 atom stereocenters. The molecule has 3 aromatic rings. The normalized spacial score (nSPS) is 10.8. The van der Waals surface area contributed by atoms with E-state index in [4.69, 9.17) is 4.42 Å². The molecule has 2 aromatic heterocycles. The molecule has 124 valence electrons. The van der Waals surface area contributed by atoms with Crippen LogP contribution >= 0.6 is 0 Å². The second-order valence-electron chi connectivity index (χ2n) is 5.52. The van der Waals surface area contributed by atoms with Crippen molar-refractivity contribution >= 4 is 11.7 Å². The molecule has 1 amide bonds. The van der Waals surface area contributed by atoms with Crippen LogP contribution in [0.4, 0.5) is 5.82 Å². The van der Waals surface area contributed by atoms with Crippen LogP contribution in [0, 0.1) is 13.8 Å². The standard InChI is InChI=1S/C18H19N3O3/c1-12-5-3-4-6-14(12)16-11-17(21(20-16)8-9-22)19-18(23)15-7-10-24-13(15)2/h3-7,10-11,22H,8-9H2,1-2H3,(H,19,23). The van der Waals surface area contributed by atoms with Crippen molar-refractivity contribution in [1.29, 1.82) is 0 Å². The van der Waals surface area contributed by atoms with Crippen LogP contribution in [0.5, 0.6) is 0 Å². The van der Waals surface area contributed by atoms with Crippen LogP contribution in [-0.4, -0.2) is 27.4 Å². The van der Waals surface area contributed by atoms with Crippen molar-refractivity contribution in [3.8, 4) is 11.3 Å². The molecule has 2 heterocycles. The number of aromatic nitrogens is 2. The number of hydrogen-bond acceptors (Lipinski definition) is 4. The first-order chi connectivity index (χ1) is 11.6. The number of furan rings is 1. The average molecular weight is 325 g/mol. The third-order valence-electron chi connectivity index (χ3n) is 3.86. The number of anilines is 1. The number of benzene rings is 1. The lowest BCUT2D eigenvalue weighted by Crippen LogP contribution is -2.16. The van der Waals surface area contributed by atoms with Crippen molar-refractivity contribution < 1.29 is 14.3 Å². The predicted octanol–water partition coefficient (Wildman–Crippen LogP) is 3.00. The van der Waals surface area contributed by atoms with E-state index in [2.05, 4.69) is 10.4 Å². The first-order valence-electron chi connectivity index (χ1n) is 7.70. The van der Waals surface area contributed by atoms with Gasteiger partial charge < -0.3 is 14.8 Å². The van der Waals surface area contributed by atoms with E-state index in [9.17, 15) is 9.90 Å². The van der Waals surface area contributed by atoms with Gasteiger partial charge in [0.2, 0.25) is 0 Å². The van der Waals surface area contributed by atoms with Crippen molar-refractivity contribution in [3.05, 3.63) is 59.5 Å². The Morgan fingerprint density at radius 1 is 1.29 bits per heavy atom. The van der Waals surface area contributed by atoms with E-state index < -0.39 is 0 Å². The molecule has 0 bridgehead atoms. The molecule has 6 nitrogen and oxygen atoms in total. The van der Waals surface area contributed by atoms with Gasteiger partial charge in [0, 0.05) is 11.6 Å². The summed E-state index contributed by atoms with van der Waals surface area (Å²) in [5, 5.41) is 16.6. The van der Waals surface area contributed by atoms with E-state index in [-0.39, 0.29) is 12.5 Å². The molecule has 3 rings (SSSR count). The molecule has 0 spiro atoms. The molecule has 0 fully saturated rings. The Balaban J connectivity index is 1.94. The second kappa shape index (κ2) is 6.72. The predicted molar refractivity (Wildman–Crippen MR) is 90.9 cm³/mol. The lowest BCUT2D eigenvalue weighted by atomic mass is 10.1. The first kappa shape index (κ1) is 16.0. The first-order valence-corrected chi connectivity index (χ1v) is 7.70. The van der Waals surface area contributed by atoms with Gasteiger partial charge in [-0.05, 0) is 25.5 Å². The zero-order valence-electron chi connectivity index (χ0n) is 13.6. The molecule has 0 unspecified atom stereocenters. The molecule has 0 aliphatic carbocycles. The quantitative estimate of drug-likeness (QED) is 0.755. The lowest BCUT2D eigenvalue weighted by molar-refractivity contribution is 0.102. The monoisotopic (exact) mass is 325 g/mol. The molecule has 1 aromatic carbocycles. The number of aliphatic hydroxyl groups is 1. The van der Waals surface area contributed by atoms with E-state index in [1.807, 2.05) is 37.3 Å². The molecule has 0 aliphatic rings. The van der Waals surface area contributed by atoms with Crippen LogP contribution in [0.1, 0.15) is 21.7 Å². The van der Waals surface area contributed by atoms with Gasteiger partial charge in [-0.2, -0.15) is 5.10 Å². The molecular weight excluding hydrogens is 306 g/mol. The summed E-state index contributed by atoms with van der Waals surface area (Å²) >= 11 is 0. The summed E-state index contributed by atoms with van der Waals surface area (Å²) in [6.07, 6.45) is 1.48. The number of aryl methyl sites for hydroxylation is 2. The number of hydrogen-bond donors (Lipinski definition) is 2. The van der Waals surface area contributed by atoms with Gasteiger partial charge in [0.25, 0.3) is 5.91 Å². The van der Waals surface area contributed by atoms with Gasteiger partial charge in [-0.1, -0.05) is 24.3 Å². The van der Waals surface area contributed by atoms with Crippen molar-refractivity contribution in [1.82, 2.24) is 9.78 Å². The molecule has 0 saturated heterocycles. The average Bonchev–Trinajstić information content (AvgIpc) is 3.15. The lowest BCUT2D eigenvalue weighted by Gasteiger charge is -2.06. The Morgan fingerprint density at radius 3 is 2.75 bits per heavy atom. The molecule has 6 heteroatoms. The number of carbonyl (C=O) groups excluding carboxylic acids is 1. The van der Waals surface area contributed by atoms with Crippen LogP contribution in [0.25, 0.3) is 11.3 Å². The Morgan fingerprint density at radius 2 is 2.08 bits per heavy atom. The highest BCUT2D eigenvalue weighted by atomic mass is 16.3. The third kappa shape index (κ3) is 3.09. The maximum atomic E-state index is 12.4. The topological polar surface area (TPSA) is 80.3 Å². The van der Waals surface area contributed by atoms with Gasteiger partial charge in [0.05, 0.1) is 30.7 Å². The zero-order chi connectivity index (χ0) is 17.1. The van der Waals surface area contributed by atoms with Crippen LogP contribution in [0.3, 0.4) is 0 Å². The molecule has 0 saturated carbocycles. The molecule has 0 radical (unpaired) electrons. The largest absolute Gasteiger partial charge is 0.469 e. The van der Waals surface area contributed by atoms with Crippen LogP contribution in [0.2, 0.25) is 0 Å². The number of aliphatic hydroxyl groups excluding tert-OH is 1. The minimum Gasteiger partial charge on any atom is -0.469 e. The number of nitrogens with zero attached hydrogens (tertiary/aromatic N) is 2. The van der Waals surface area contributed by atoms with Gasteiger partial charge in [0.1, 0.15) is 11.6 Å². The van der Waals surface area contributed by atoms with E-state index >= 15 is 0 Å². The van der Waals surface area contributed by atoms with Crippen LogP contribution < -0.4 is 5.32 Å². The fourth-order valence-electron chi connectivity index (χ4n) is 2.58. The number of amides is 1. The number of nitrogens with one attached hydrogen (secondary N) is 1.